The highest BCUT2D eigenvalue weighted by Gasteiger charge is 1.99. The molecule has 0 unspecified atom stereocenters. The Labute approximate surface area is 95.5 Å². The summed E-state index contributed by atoms with van der Waals surface area (Å²) in [6, 6.07) is 3.75. The Morgan fingerprint density at radius 3 is 3.00 bits per heavy atom. The zero-order valence-corrected chi connectivity index (χ0v) is 9.74. The topological polar surface area (TPSA) is 66.5 Å². The Kier molecular flexibility index (Phi) is 2.96. The maximum Gasteiger partial charge on any atom is 0.131 e. The lowest BCUT2D eigenvalue weighted by molar-refractivity contribution is 0.958. The number of hydrogen-bond donors (Lipinski definition) is 2. The number of aromatic nitrogens is 4. The Balaban J connectivity index is 2.05. The van der Waals surface area contributed by atoms with Crippen molar-refractivity contribution in [2.75, 3.05) is 5.32 Å². The number of anilines is 1. The third-order valence-corrected chi connectivity index (χ3v) is 2.23. The minimum absolute atomic E-state index is 0.670. The molecule has 0 amide bonds. The molecule has 2 rings (SSSR count). The maximum atomic E-state index is 4.25. The Morgan fingerprint density at radius 1 is 1.47 bits per heavy atom. The average Bonchev–Trinajstić information content (AvgIpc) is 2.65. The summed E-state index contributed by atoms with van der Waals surface area (Å²) in [5, 5.41) is 9.91. The van der Waals surface area contributed by atoms with Gasteiger partial charge in [-0.05, 0) is 28.9 Å². The van der Waals surface area contributed by atoms with Crippen LogP contribution in [0.3, 0.4) is 0 Å². The van der Waals surface area contributed by atoms with Gasteiger partial charge in [0, 0.05) is 12.3 Å². The van der Waals surface area contributed by atoms with Crippen LogP contribution in [0.15, 0.2) is 22.9 Å². The van der Waals surface area contributed by atoms with Gasteiger partial charge in [0.1, 0.15) is 16.2 Å². The molecule has 0 bridgehead atoms. The minimum atomic E-state index is 0.670. The van der Waals surface area contributed by atoms with Crippen molar-refractivity contribution in [2.45, 2.75) is 13.5 Å². The van der Waals surface area contributed by atoms with Gasteiger partial charge in [0.05, 0.1) is 12.2 Å². The van der Waals surface area contributed by atoms with E-state index in [0.717, 1.165) is 21.9 Å². The molecule has 78 valence electrons. The van der Waals surface area contributed by atoms with E-state index in [1.54, 1.807) is 6.20 Å². The number of rotatable bonds is 3. The van der Waals surface area contributed by atoms with Gasteiger partial charge in [0.2, 0.25) is 0 Å². The zero-order chi connectivity index (χ0) is 10.7. The van der Waals surface area contributed by atoms with E-state index in [2.05, 4.69) is 41.4 Å². The van der Waals surface area contributed by atoms with E-state index in [0.29, 0.717) is 6.54 Å². The summed E-state index contributed by atoms with van der Waals surface area (Å²) in [6.07, 6.45) is 1.72. The lowest BCUT2D eigenvalue weighted by atomic mass is 10.4. The van der Waals surface area contributed by atoms with Crippen LogP contribution in [0.5, 0.6) is 0 Å². The molecule has 0 saturated carbocycles. The SMILES string of the molecule is Cc1nc(Br)cc(NCc2ccn[nH]2)n1. The molecule has 2 heterocycles. The van der Waals surface area contributed by atoms with Crippen molar-refractivity contribution in [1.29, 1.82) is 0 Å². The summed E-state index contributed by atoms with van der Waals surface area (Å²) in [6.45, 7) is 2.52. The number of halogens is 1. The molecule has 0 atom stereocenters. The van der Waals surface area contributed by atoms with Gasteiger partial charge >= 0.3 is 0 Å². The molecular formula is C9H10BrN5. The van der Waals surface area contributed by atoms with Crippen LogP contribution in [-0.4, -0.2) is 20.2 Å². The predicted molar refractivity (Wildman–Crippen MR) is 60.4 cm³/mol. The molecule has 6 heteroatoms. The monoisotopic (exact) mass is 267 g/mol. The largest absolute Gasteiger partial charge is 0.364 e. The van der Waals surface area contributed by atoms with Gasteiger partial charge < -0.3 is 5.32 Å². The highest BCUT2D eigenvalue weighted by Crippen LogP contribution is 2.12. The van der Waals surface area contributed by atoms with Gasteiger partial charge in [-0.15, -0.1) is 0 Å². The fourth-order valence-electron chi connectivity index (χ4n) is 1.19. The Bertz CT molecular complexity index is 420. The van der Waals surface area contributed by atoms with Crippen LogP contribution in [0.2, 0.25) is 0 Å². The molecule has 5 nitrogen and oxygen atoms in total. The number of nitrogens with zero attached hydrogens (tertiary/aromatic N) is 3. The van der Waals surface area contributed by atoms with Crippen LogP contribution >= 0.6 is 15.9 Å². The smallest absolute Gasteiger partial charge is 0.131 e. The summed E-state index contributed by atoms with van der Waals surface area (Å²) in [4.78, 5) is 8.37. The third-order valence-electron chi connectivity index (χ3n) is 1.83. The Hall–Kier alpha value is -1.43. The highest BCUT2D eigenvalue weighted by atomic mass is 79.9. The average molecular weight is 268 g/mol. The van der Waals surface area contributed by atoms with Crippen LogP contribution in [0.4, 0.5) is 5.82 Å². The standard InChI is InChI=1S/C9H10BrN5/c1-6-13-8(10)4-9(14-6)11-5-7-2-3-12-15-7/h2-4H,5H2,1H3,(H,12,15)(H,11,13,14). The van der Waals surface area contributed by atoms with Crippen LogP contribution in [0.1, 0.15) is 11.5 Å². The molecule has 0 spiro atoms. The van der Waals surface area contributed by atoms with E-state index < -0.39 is 0 Å². The molecule has 0 aliphatic heterocycles. The van der Waals surface area contributed by atoms with Crippen LogP contribution < -0.4 is 5.32 Å². The van der Waals surface area contributed by atoms with Crippen molar-refractivity contribution in [3.05, 3.63) is 34.5 Å². The number of aromatic amines is 1. The van der Waals surface area contributed by atoms with Crippen molar-refractivity contribution in [3.8, 4) is 0 Å². The van der Waals surface area contributed by atoms with Crippen molar-refractivity contribution in [3.63, 3.8) is 0 Å². The van der Waals surface area contributed by atoms with Gasteiger partial charge in [0.25, 0.3) is 0 Å². The third kappa shape index (κ3) is 2.76. The van der Waals surface area contributed by atoms with E-state index in [9.17, 15) is 0 Å². The van der Waals surface area contributed by atoms with Gasteiger partial charge in [-0.3, -0.25) is 5.10 Å². The summed E-state index contributed by atoms with van der Waals surface area (Å²) in [5.41, 5.74) is 1.02. The predicted octanol–water partition coefficient (Wildman–Crippen LogP) is 1.88. The first-order valence-corrected chi connectivity index (χ1v) is 5.26. The summed E-state index contributed by atoms with van der Waals surface area (Å²) >= 11 is 3.32. The second kappa shape index (κ2) is 4.39. The minimum Gasteiger partial charge on any atom is -0.364 e. The number of hydrogen-bond acceptors (Lipinski definition) is 4. The van der Waals surface area contributed by atoms with Gasteiger partial charge in [-0.1, -0.05) is 0 Å². The van der Waals surface area contributed by atoms with E-state index in [4.69, 9.17) is 0 Å². The maximum absolute atomic E-state index is 4.25. The van der Waals surface area contributed by atoms with E-state index in [1.807, 2.05) is 19.1 Å². The molecular weight excluding hydrogens is 258 g/mol. The molecule has 2 aromatic rings. The molecule has 0 saturated heterocycles. The second-order valence-corrected chi connectivity index (χ2v) is 3.87. The van der Waals surface area contributed by atoms with E-state index >= 15 is 0 Å². The number of nitrogens with one attached hydrogen (secondary N) is 2. The normalized spacial score (nSPS) is 10.3. The molecule has 0 aromatic carbocycles. The van der Waals surface area contributed by atoms with E-state index in [1.165, 1.54) is 0 Å². The van der Waals surface area contributed by atoms with Crippen LogP contribution in [0, 0.1) is 6.92 Å². The fraction of sp³-hybridized carbons (Fsp3) is 0.222. The molecule has 0 fully saturated rings. The van der Waals surface area contributed by atoms with Gasteiger partial charge in [-0.25, -0.2) is 9.97 Å². The molecule has 0 radical (unpaired) electrons. The van der Waals surface area contributed by atoms with Crippen LogP contribution in [-0.2, 0) is 6.54 Å². The lowest BCUT2D eigenvalue weighted by Crippen LogP contribution is -2.03. The summed E-state index contributed by atoms with van der Waals surface area (Å²) in [7, 11) is 0. The summed E-state index contributed by atoms with van der Waals surface area (Å²) < 4.78 is 0.780. The first kappa shape index (κ1) is 10.1. The molecule has 0 aliphatic carbocycles. The second-order valence-electron chi connectivity index (χ2n) is 3.06. The van der Waals surface area contributed by atoms with Crippen molar-refractivity contribution in [2.24, 2.45) is 0 Å². The highest BCUT2D eigenvalue weighted by molar-refractivity contribution is 9.10. The quantitative estimate of drug-likeness (QED) is 0.834. The van der Waals surface area contributed by atoms with E-state index in [-0.39, 0.29) is 0 Å². The van der Waals surface area contributed by atoms with Crippen molar-refractivity contribution in [1.82, 2.24) is 20.2 Å². The Morgan fingerprint density at radius 2 is 2.33 bits per heavy atom. The summed E-state index contributed by atoms with van der Waals surface area (Å²) in [5.74, 6) is 1.53. The first-order valence-electron chi connectivity index (χ1n) is 4.47. The molecule has 2 aromatic heterocycles. The van der Waals surface area contributed by atoms with Gasteiger partial charge in [0.15, 0.2) is 0 Å². The molecule has 15 heavy (non-hydrogen) atoms. The number of aryl methyl sites for hydroxylation is 1. The number of H-pyrrole nitrogens is 1. The van der Waals surface area contributed by atoms with Crippen LogP contribution in [0.25, 0.3) is 0 Å². The van der Waals surface area contributed by atoms with Crippen molar-refractivity contribution < 1.29 is 0 Å². The molecule has 0 aliphatic rings. The molecule has 2 N–H and O–H groups in total. The fourth-order valence-corrected chi connectivity index (χ4v) is 1.66. The zero-order valence-electron chi connectivity index (χ0n) is 8.16. The first-order chi connectivity index (χ1) is 7.24. The van der Waals surface area contributed by atoms with Crippen molar-refractivity contribution >= 4 is 21.7 Å². The lowest BCUT2D eigenvalue weighted by Gasteiger charge is -2.04. The van der Waals surface area contributed by atoms with Gasteiger partial charge in [-0.2, -0.15) is 5.10 Å².